The average molecular weight is 414 g/mol. The lowest BCUT2D eigenvalue weighted by Gasteiger charge is -2.25. The summed E-state index contributed by atoms with van der Waals surface area (Å²) >= 11 is 5.88. The number of carbonyl (C=O) groups is 3. The molecule has 2 atom stereocenters. The van der Waals surface area contributed by atoms with Gasteiger partial charge in [-0.25, -0.2) is 0 Å². The van der Waals surface area contributed by atoms with Crippen molar-refractivity contribution in [3.63, 3.8) is 0 Å². The first-order valence-corrected chi connectivity index (χ1v) is 9.99. The second kappa shape index (κ2) is 9.56. The number of hydrogen-bond acceptors (Lipinski definition) is 3. The summed E-state index contributed by atoms with van der Waals surface area (Å²) in [5, 5.41) is 6.04. The van der Waals surface area contributed by atoms with Gasteiger partial charge in [-0.3, -0.25) is 14.4 Å². The van der Waals surface area contributed by atoms with Crippen molar-refractivity contribution in [2.24, 2.45) is 5.92 Å². The molecule has 0 spiro atoms. The maximum Gasteiger partial charge on any atom is 0.251 e. The molecule has 7 heteroatoms. The van der Waals surface area contributed by atoms with Crippen molar-refractivity contribution in [2.45, 2.75) is 19.4 Å². The molecular formula is C22H24ClN3O3. The number of rotatable bonds is 7. The van der Waals surface area contributed by atoms with Crippen LogP contribution in [0.5, 0.6) is 0 Å². The van der Waals surface area contributed by atoms with Crippen LogP contribution in [0.15, 0.2) is 54.6 Å². The summed E-state index contributed by atoms with van der Waals surface area (Å²) in [6.07, 6.45) is 0.206. The van der Waals surface area contributed by atoms with Gasteiger partial charge in [0.05, 0.1) is 12.0 Å². The lowest BCUT2D eigenvalue weighted by atomic mass is 10.1. The fourth-order valence-electron chi connectivity index (χ4n) is 3.43. The van der Waals surface area contributed by atoms with E-state index in [0.29, 0.717) is 30.2 Å². The minimum atomic E-state index is -0.378. The molecule has 0 bridgehead atoms. The van der Waals surface area contributed by atoms with E-state index >= 15 is 0 Å². The van der Waals surface area contributed by atoms with Gasteiger partial charge in [0.2, 0.25) is 11.8 Å². The standard InChI is InChI=1S/C22H24ClN3O3/c1-15(16-6-3-2-4-7-16)26-14-18(13-20(26)27)22(29)25-11-10-24-21(28)17-8-5-9-19(23)12-17/h2-9,12,15,18H,10-11,13-14H2,1H3,(H,24,28)(H,25,29). The van der Waals surface area contributed by atoms with E-state index in [1.54, 1.807) is 29.2 Å². The first-order chi connectivity index (χ1) is 14.0. The zero-order chi connectivity index (χ0) is 20.8. The van der Waals surface area contributed by atoms with Gasteiger partial charge in [-0.2, -0.15) is 0 Å². The third-order valence-corrected chi connectivity index (χ3v) is 5.31. The average Bonchev–Trinajstić information content (AvgIpc) is 3.12. The van der Waals surface area contributed by atoms with Crippen molar-refractivity contribution < 1.29 is 14.4 Å². The van der Waals surface area contributed by atoms with Gasteiger partial charge in [-0.1, -0.05) is 48.0 Å². The van der Waals surface area contributed by atoms with Gasteiger partial charge < -0.3 is 15.5 Å². The zero-order valence-electron chi connectivity index (χ0n) is 16.2. The van der Waals surface area contributed by atoms with Crippen LogP contribution in [0.3, 0.4) is 0 Å². The second-order valence-electron chi connectivity index (χ2n) is 7.09. The summed E-state index contributed by atoms with van der Waals surface area (Å²) in [5.41, 5.74) is 1.52. The monoisotopic (exact) mass is 413 g/mol. The van der Waals surface area contributed by atoms with Crippen molar-refractivity contribution in [3.05, 3.63) is 70.7 Å². The van der Waals surface area contributed by atoms with E-state index in [2.05, 4.69) is 10.6 Å². The van der Waals surface area contributed by atoms with Gasteiger partial charge in [0, 0.05) is 36.6 Å². The maximum absolute atomic E-state index is 12.4. The number of benzene rings is 2. The number of nitrogens with zero attached hydrogens (tertiary/aromatic N) is 1. The first-order valence-electron chi connectivity index (χ1n) is 9.61. The fraction of sp³-hybridized carbons (Fsp3) is 0.318. The van der Waals surface area contributed by atoms with Crippen molar-refractivity contribution in [3.8, 4) is 0 Å². The summed E-state index contributed by atoms with van der Waals surface area (Å²) in [6.45, 7) is 2.96. The topological polar surface area (TPSA) is 78.5 Å². The summed E-state index contributed by atoms with van der Waals surface area (Å²) in [6, 6.07) is 16.4. The Labute approximate surface area is 175 Å². The van der Waals surface area contributed by atoms with E-state index in [1.807, 2.05) is 37.3 Å². The fourth-order valence-corrected chi connectivity index (χ4v) is 3.62. The van der Waals surface area contributed by atoms with Crippen LogP contribution < -0.4 is 10.6 Å². The molecule has 1 aliphatic heterocycles. The minimum absolute atomic E-state index is 0.0178. The predicted octanol–water partition coefficient (Wildman–Crippen LogP) is 2.80. The van der Waals surface area contributed by atoms with Gasteiger partial charge in [-0.15, -0.1) is 0 Å². The Morgan fingerprint density at radius 2 is 1.83 bits per heavy atom. The molecule has 1 heterocycles. The Balaban J connectivity index is 1.44. The van der Waals surface area contributed by atoms with E-state index in [0.717, 1.165) is 5.56 Å². The molecule has 3 amide bonds. The second-order valence-corrected chi connectivity index (χ2v) is 7.53. The molecule has 152 valence electrons. The maximum atomic E-state index is 12.4. The number of hydrogen-bond donors (Lipinski definition) is 2. The van der Waals surface area contributed by atoms with Crippen LogP contribution in [-0.4, -0.2) is 42.3 Å². The van der Waals surface area contributed by atoms with E-state index in [1.165, 1.54) is 0 Å². The largest absolute Gasteiger partial charge is 0.354 e. The molecule has 1 saturated heterocycles. The highest BCUT2D eigenvalue weighted by molar-refractivity contribution is 6.30. The van der Waals surface area contributed by atoms with Crippen molar-refractivity contribution >= 4 is 29.3 Å². The van der Waals surface area contributed by atoms with Crippen LogP contribution in [0.25, 0.3) is 0 Å². The molecule has 0 saturated carbocycles. The highest BCUT2D eigenvalue weighted by Crippen LogP contribution is 2.28. The Kier molecular flexibility index (Phi) is 6.88. The van der Waals surface area contributed by atoms with Gasteiger partial charge in [0.1, 0.15) is 0 Å². The van der Waals surface area contributed by atoms with E-state index in [-0.39, 0.29) is 36.1 Å². The number of halogens is 1. The summed E-state index contributed by atoms with van der Waals surface area (Å²) < 4.78 is 0. The lowest BCUT2D eigenvalue weighted by Crippen LogP contribution is -2.38. The number of amides is 3. The van der Waals surface area contributed by atoms with Crippen LogP contribution in [0.2, 0.25) is 5.02 Å². The van der Waals surface area contributed by atoms with E-state index < -0.39 is 0 Å². The molecule has 6 nitrogen and oxygen atoms in total. The van der Waals surface area contributed by atoms with Gasteiger partial charge >= 0.3 is 0 Å². The van der Waals surface area contributed by atoms with E-state index in [9.17, 15) is 14.4 Å². The number of nitrogens with one attached hydrogen (secondary N) is 2. The van der Waals surface area contributed by atoms with E-state index in [4.69, 9.17) is 11.6 Å². The summed E-state index contributed by atoms with van der Waals surface area (Å²) in [5.74, 6) is -0.813. The van der Waals surface area contributed by atoms with Crippen LogP contribution >= 0.6 is 11.6 Å². The van der Waals surface area contributed by atoms with Crippen molar-refractivity contribution in [1.82, 2.24) is 15.5 Å². The quantitative estimate of drug-likeness (QED) is 0.685. The van der Waals surface area contributed by atoms with Crippen LogP contribution in [0.4, 0.5) is 0 Å². The molecule has 0 radical (unpaired) electrons. The highest BCUT2D eigenvalue weighted by Gasteiger charge is 2.36. The number of carbonyl (C=O) groups excluding carboxylic acids is 3. The van der Waals surface area contributed by atoms with Crippen LogP contribution in [0.1, 0.15) is 35.3 Å². The Morgan fingerprint density at radius 3 is 2.55 bits per heavy atom. The zero-order valence-corrected chi connectivity index (χ0v) is 17.0. The molecule has 1 fully saturated rings. The van der Waals surface area contributed by atoms with Gasteiger partial charge in [0.25, 0.3) is 5.91 Å². The SMILES string of the molecule is CC(c1ccccc1)N1CC(C(=O)NCCNC(=O)c2cccc(Cl)c2)CC1=O. The third-order valence-electron chi connectivity index (χ3n) is 5.08. The molecule has 1 aliphatic rings. The van der Waals surface area contributed by atoms with Crippen LogP contribution in [0, 0.1) is 5.92 Å². The molecule has 2 N–H and O–H groups in total. The van der Waals surface area contributed by atoms with Crippen molar-refractivity contribution in [1.29, 1.82) is 0 Å². The third kappa shape index (κ3) is 5.35. The summed E-state index contributed by atoms with van der Waals surface area (Å²) in [4.78, 5) is 38.6. The first kappa shape index (κ1) is 20.9. The lowest BCUT2D eigenvalue weighted by molar-refractivity contribution is -0.130. The number of likely N-dealkylation sites (tertiary alicyclic amines) is 1. The molecule has 0 aliphatic carbocycles. The highest BCUT2D eigenvalue weighted by atomic mass is 35.5. The molecule has 2 aromatic carbocycles. The molecule has 29 heavy (non-hydrogen) atoms. The van der Waals surface area contributed by atoms with Gasteiger partial charge in [-0.05, 0) is 30.7 Å². The normalized spacial score (nSPS) is 17.1. The molecular weight excluding hydrogens is 390 g/mol. The van der Waals surface area contributed by atoms with Gasteiger partial charge in [0.15, 0.2) is 0 Å². The Morgan fingerprint density at radius 1 is 1.10 bits per heavy atom. The summed E-state index contributed by atoms with van der Waals surface area (Å²) in [7, 11) is 0. The molecule has 2 unspecified atom stereocenters. The predicted molar refractivity (Wildman–Crippen MR) is 111 cm³/mol. The van der Waals surface area contributed by atoms with Crippen molar-refractivity contribution in [2.75, 3.05) is 19.6 Å². The minimum Gasteiger partial charge on any atom is -0.354 e. The molecule has 0 aromatic heterocycles. The molecule has 2 aromatic rings. The Hall–Kier alpha value is -2.86. The van der Waals surface area contributed by atoms with Crippen LogP contribution in [-0.2, 0) is 9.59 Å². The molecule has 3 rings (SSSR count). The smallest absolute Gasteiger partial charge is 0.251 e. The Bertz CT molecular complexity index is 888.